The summed E-state index contributed by atoms with van der Waals surface area (Å²) in [7, 11) is 4.00. The molecule has 1 N–H and O–H groups in total. The molecule has 2 rings (SSSR count). The van der Waals surface area contributed by atoms with E-state index in [-0.39, 0.29) is 11.4 Å². The van der Waals surface area contributed by atoms with Crippen molar-refractivity contribution in [2.24, 2.45) is 5.41 Å². The molecule has 130 valence electrons. The minimum absolute atomic E-state index is 0.0224. The third-order valence-corrected chi connectivity index (χ3v) is 4.73. The highest BCUT2D eigenvalue weighted by molar-refractivity contribution is 5.73. The number of carbonyl (C=O) groups is 1. The lowest BCUT2D eigenvalue weighted by atomic mass is 9.90. The zero-order chi connectivity index (χ0) is 17.0. The first-order valence-corrected chi connectivity index (χ1v) is 8.48. The van der Waals surface area contributed by atoms with Crippen molar-refractivity contribution in [2.45, 2.75) is 40.2 Å². The fourth-order valence-corrected chi connectivity index (χ4v) is 3.30. The maximum Gasteiger partial charge on any atom is 0.317 e. The van der Waals surface area contributed by atoms with Gasteiger partial charge in [0.2, 0.25) is 0 Å². The summed E-state index contributed by atoms with van der Waals surface area (Å²) in [4.78, 5) is 16.3. The van der Waals surface area contributed by atoms with E-state index >= 15 is 0 Å². The second kappa shape index (κ2) is 7.34. The van der Waals surface area contributed by atoms with Gasteiger partial charge in [-0.2, -0.15) is 5.10 Å². The van der Waals surface area contributed by atoms with Crippen LogP contribution in [0.3, 0.4) is 0 Å². The predicted octanol–water partition coefficient (Wildman–Crippen LogP) is 1.87. The molecule has 6 heteroatoms. The molecule has 0 aromatic carbocycles. The molecule has 1 aliphatic heterocycles. The van der Waals surface area contributed by atoms with Crippen LogP contribution in [0.15, 0.2) is 6.07 Å². The Morgan fingerprint density at radius 1 is 1.48 bits per heavy atom. The van der Waals surface area contributed by atoms with E-state index in [2.05, 4.69) is 42.3 Å². The average Bonchev–Trinajstić information content (AvgIpc) is 2.98. The van der Waals surface area contributed by atoms with Gasteiger partial charge in [-0.25, -0.2) is 4.79 Å². The molecular weight excluding hydrogens is 290 g/mol. The Kier molecular flexibility index (Phi) is 5.68. The maximum atomic E-state index is 12.2. The summed E-state index contributed by atoms with van der Waals surface area (Å²) in [5, 5.41) is 7.54. The van der Waals surface area contributed by atoms with Crippen LogP contribution in [0.4, 0.5) is 4.79 Å². The molecular formula is C17H31N5O. The Balaban J connectivity index is 1.69. The van der Waals surface area contributed by atoms with Gasteiger partial charge in [0.05, 0.1) is 5.69 Å². The summed E-state index contributed by atoms with van der Waals surface area (Å²) in [6, 6.07) is 2.10. The van der Waals surface area contributed by atoms with Crippen molar-refractivity contribution in [3.05, 3.63) is 17.5 Å². The standard InChI is InChI=1S/C17H31N5O/c1-14-11-15(2)22(19-14)9-6-8-21(5)16(23)18-12-17(3)7-10-20(4)13-17/h11H,6-10,12-13H2,1-5H3,(H,18,23)/t17-/m0/s1. The lowest BCUT2D eigenvalue weighted by Crippen LogP contribution is -2.43. The predicted molar refractivity (Wildman–Crippen MR) is 92.6 cm³/mol. The highest BCUT2D eigenvalue weighted by atomic mass is 16.2. The molecule has 0 bridgehead atoms. The molecule has 0 aliphatic carbocycles. The van der Waals surface area contributed by atoms with E-state index in [9.17, 15) is 4.79 Å². The van der Waals surface area contributed by atoms with Gasteiger partial charge in [0.15, 0.2) is 0 Å². The smallest absolute Gasteiger partial charge is 0.317 e. The van der Waals surface area contributed by atoms with Gasteiger partial charge in [-0.3, -0.25) is 4.68 Å². The number of likely N-dealkylation sites (tertiary alicyclic amines) is 1. The van der Waals surface area contributed by atoms with E-state index in [0.29, 0.717) is 0 Å². The normalized spacial score (nSPS) is 21.6. The molecule has 2 amide bonds. The zero-order valence-electron chi connectivity index (χ0n) is 15.2. The number of nitrogens with one attached hydrogen (secondary N) is 1. The fraction of sp³-hybridized carbons (Fsp3) is 0.765. The first kappa shape index (κ1) is 17.8. The maximum absolute atomic E-state index is 12.2. The first-order valence-electron chi connectivity index (χ1n) is 8.48. The van der Waals surface area contributed by atoms with Crippen LogP contribution < -0.4 is 5.32 Å². The summed E-state index contributed by atoms with van der Waals surface area (Å²) < 4.78 is 2.01. The van der Waals surface area contributed by atoms with Crippen LogP contribution in [0.1, 0.15) is 31.2 Å². The van der Waals surface area contributed by atoms with Crippen LogP contribution >= 0.6 is 0 Å². The van der Waals surface area contributed by atoms with E-state index in [4.69, 9.17) is 0 Å². The molecule has 0 unspecified atom stereocenters. The van der Waals surface area contributed by atoms with E-state index in [1.807, 2.05) is 18.7 Å². The lowest BCUT2D eigenvalue weighted by molar-refractivity contribution is 0.199. The third-order valence-electron chi connectivity index (χ3n) is 4.73. The summed E-state index contributed by atoms with van der Waals surface area (Å²) >= 11 is 0. The van der Waals surface area contributed by atoms with Gasteiger partial charge in [-0.15, -0.1) is 0 Å². The first-order chi connectivity index (χ1) is 10.8. The summed E-state index contributed by atoms with van der Waals surface area (Å²) in [5.41, 5.74) is 2.42. The van der Waals surface area contributed by atoms with Crippen molar-refractivity contribution in [2.75, 3.05) is 40.3 Å². The molecule has 0 spiro atoms. The second-order valence-electron chi connectivity index (χ2n) is 7.38. The molecule has 1 saturated heterocycles. The van der Waals surface area contributed by atoms with Crippen LogP contribution in [0.25, 0.3) is 0 Å². The highest BCUT2D eigenvalue weighted by Gasteiger charge is 2.32. The zero-order valence-corrected chi connectivity index (χ0v) is 15.2. The van der Waals surface area contributed by atoms with E-state index < -0.39 is 0 Å². The van der Waals surface area contributed by atoms with Crippen molar-refractivity contribution in [1.82, 2.24) is 24.9 Å². The minimum atomic E-state index is 0.0224. The van der Waals surface area contributed by atoms with Crippen molar-refractivity contribution in [1.29, 1.82) is 0 Å². The van der Waals surface area contributed by atoms with Crippen molar-refractivity contribution in [3.63, 3.8) is 0 Å². The Morgan fingerprint density at radius 3 is 2.78 bits per heavy atom. The van der Waals surface area contributed by atoms with Crippen molar-refractivity contribution in [3.8, 4) is 0 Å². The summed E-state index contributed by atoms with van der Waals surface area (Å²) in [6.07, 6.45) is 2.05. The largest absolute Gasteiger partial charge is 0.337 e. The third kappa shape index (κ3) is 4.96. The number of urea groups is 1. The monoisotopic (exact) mass is 321 g/mol. The number of amides is 2. The molecule has 1 aromatic heterocycles. The fourth-order valence-electron chi connectivity index (χ4n) is 3.30. The molecule has 1 aliphatic rings. The van der Waals surface area contributed by atoms with E-state index in [1.54, 1.807) is 4.90 Å². The van der Waals surface area contributed by atoms with Crippen LogP contribution in [0.2, 0.25) is 0 Å². The number of hydrogen-bond donors (Lipinski definition) is 1. The van der Waals surface area contributed by atoms with Crippen molar-refractivity contribution < 1.29 is 4.79 Å². The SMILES string of the molecule is Cc1cc(C)n(CCCN(C)C(=O)NC[C@]2(C)CCN(C)C2)n1. The molecule has 0 radical (unpaired) electrons. The molecule has 1 aromatic rings. The Labute approximate surface area is 139 Å². The molecule has 2 heterocycles. The second-order valence-corrected chi connectivity index (χ2v) is 7.38. The van der Waals surface area contributed by atoms with Gasteiger partial charge in [0, 0.05) is 38.9 Å². The molecule has 1 fully saturated rings. The summed E-state index contributed by atoms with van der Waals surface area (Å²) in [6.45, 7) is 10.8. The molecule has 1 atom stereocenters. The van der Waals surface area contributed by atoms with Gasteiger partial charge in [0.1, 0.15) is 0 Å². The molecule has 0 saturated carbocycles. The number of aryl methyl sites for hydroxylation is 3. The average molecular weight is 321 g/mol. The number of rotatable bonds is 6. The number of carbonyl (C=O) groups excluding carboxylic acids is 1. The molecule has 23 heavy (non-hydrogen) atoms. The Morgan fingerprint density at radius 2 is 2.22 bits per heavy atom. The number of aromatic nitrogens is 2. The van der Waals surface area contributed by atoms with Crippen LogP contribution in [-0.2, 0) is 6.54 Å². The van der Waals surface area contributed by atoms with Gasteiger partial charge < -0.3 is 15.1 Å². The summed E-state index contributed by atoms with van der Waals surface area (Å²) in [5.74, 6) is 0. The van der Waals surface area contributed by atoms with E-state index in [0.717, 1.165) is 51.3 Å². The minimum Gasteiger partial charge on any atom is -0.337 e. The van der Waals surface area contributed by atoms with Crippen LogP contribution in [0, 0.1) is 19.3 Å². The van der Waals surface area contributed by atoms with Crippen molar-refractivity contribution >= 4 is 6.03 Å². The quantitative estimate of drug-likeness (QED) is 0.870. The van der Waals surface area contributed by atoms with Gasteiger partial charge in [0.25, 0.3) is 0 Å². The topological polar surface area (TPSA) is 53.4 Å². The number of hydrogen-bond acceptors (Lipinski definition) is 3. The highest BCUT2D eigenvalue weighted by Crippen LogP contribution is 2.27. The Bertz CT molecular complexity index is 541. The van der Waals surface area contributed by atoms with Crippen LogP contribution in [0.5, 0.6) is 0 Å². The lowest BCUT2D eigenvalue weighted by Gasteiger charge is -2.26. The van der Waals surface area contributed by atoms with Crippen LogP contribution in [-0.4, -0.2) is 65.9 Å². The van der Waals surface area contributed by atoms with Gasteiger partial charge >= 0.3 is 6.03 Å². The Hall–Kier alpha value is -1.56. The number of nitrogens with zero attached hydrogens (tertiary/aromatic N) is 4. The van der Waals surface area contributed by atoms with E-state index in [1.165, 1.54) is 5.69 Å². The molecule has 6 nitrogen and oxygen atoms in total. The van der Waals surface area contributed by atoms with Gasteiger partial charge in [-0.05, 0) is 51.8 Å². The van der Waals surface area contributed by atoms with Gasteiger partial charge in [-0.1, -0.05) is 6.92 Å².